The molecule has 0 aromatic carbocycles. The smallest absolute Gasteiger partial charge is 0.0674 e. The first kappa shape index (κ1) is 8.31. The molecular weight excluding hydrogens is 136 g/mol. The fourth-order valence-electron chi connectivity index (χ4n) is 0.889. The van der Waals surface area contributed by atoms with E-state index in [-0.39, 0.29) is 0 Å². The number of hydrogen-bond donors (Lipinski definition) is 0. The monoisotopic (exact) mass is 151 g/mol. The van der Waals surface area contributed by atoms with Crippen molar-refractivity contribution in [3.05, 3.63) is 11.8 Å². The molecule has 1 heterocycles. The van der Waals surface area contributed by atoms with Gasteiger partial charge in [-0.25, -0.2) is 0 Å². The van der Waals surface area contributed by atoms with Gasteiger partial charge in [-0.1, -0.05) is 27.7 Å². The van der Waals surface area contributed by atoms with Gasteiger partial charge in [0.15, 0.2) is 0 Å². The quantitative estimate of drug-likeness (QED) is 0.578. The van der Waals surface area contributed by atoms with E-state index >= 15 is 0 Å². The highest BCUT2D eigenvalue weighted by atomic mass is 15.3. The molecule has 0 fully saturated rings. The maximum Gasteiger partial charge on any atom is 0.0674 e. The highest BCUT2D eigenvalue weighted by Crippen LogP contribution is 2.15. The third kappa shape index (κ3) is 1.82. The van der Waals surface area contributed by atoms with Crippen LogP contribution in [0, 0.1) is 11.8 Å². The Morgan fingerprint density at radius 1 is 1.09 bits per heavy atom. The van der Waals surface area contributed by atoms with Gasteiger partial charge in [0.1, 0.15) is 0 Å². The molecule has 0 amide bonds. The maximum absolute atomic E-state index is 4.09. The van der Waals surface area contributed by atoms with Crippen molar-refractivity contribution in [2.75, 3.05) is 0 Å². The van der Waals surface area contributed by atoms with E-state index in [2.05, 4.69) is 44.3 Å². The number of hydrogen-bond acceptors (Lipinski definition) is 1. The Labute approximate surface area is 68.4 Å². The minimum atomic E-state index is 0.495. The Morgan fingerprint density at radius 3 is 2.00 bits per heavy atom. The zero-order chi connectivity index (χ0) is 8.43. The Balaban J connectivity index is 2.63. The van der Waals surface area contributed by atoms with E-state index in [4.69, 9.17) is 0 Å². The summed E-state index contributed by atoms with van der Waals surface area (Å²) in [5.74, 6) is 0.991. The van der Waals surface area contributed by atoms with E-state index in [1.54, 1.807) is 0 Å². The van der Waals surface area contributed by atoms with Crippen molar-refractivity contribution in [1.82, 2.24) is 5.43 Å². The molecule has 1 aliphatic heterocycles. The zero-order valence-corrected chi connectivity index (χ0v) is 7.63. The summed E-state index contributed by atoms with van der Waals surface area (Å²) in [6.45, 7) is 8.53. The van der Waals surface area contributed by atoms with E-state index in [0.717, 1.165) is 11.4 Å². The average Bonchev–Trinajstić information content (AvgIpc) is 2.33. The summed E-state index contributed by atoms with van der Waals surface area (Å²) in [5, 5.41) is 4.09. The molecule has 0 unspecified atom stereocenters. The highest BCUT2D eigenvalue weighted by Gasteiger charge is 2.14. The molecule has 0 atom stereocenters. The van der Waals surface area contributed by atoms with Gasteiger partial charge in [-0.2, -0.15) is 10.5 Å². The maximum atomic E-state index is 4.09. The molecule has 1 rings (SSSR count). The molecule has 11 heavy (non-hydrogen) atoms. The average molecular weight is 151 g/mol. The van der Waals surface area contributed by atoms with Crippen molar-refractivity contribution < 1.29 is 0 Å². The molecule has 0 bridgehead atoms. The topological polar surface area (TPSA) is 26.5 Å². The van der Waals surface area contributed by atoms with Crippen LogP contribution in [0.5, 0.6) is 0 Å². The van der Waals surface area contributed by atoms with Crippen LogP contribution in [0.2, 0.25) is 0 Å². The summed E-state index contributed by atoms with van der Waals surface area (Å²) < 4.78 is 0. The molecule has 2 nitrogen and oxygen atoms in total. The van der Waals surface area contributed by atoms with Crippen molar-refractivity contribution in [2.45, 2.75) is 27.7 Å². The van der Waals surface area contributed by atoms with Crippen LogP contribution < -0.4 is 5.43 Å². The van der Waals surface area contributed by atoms with Crippen molar-refractivity contribution in [1.29, 1.82) is 0 Å². The van der Waals surface area contributed by atoms with Crippen LogP contribution in [-0.4, -0.2) is 5.71 Å². The SMILES string of the molecule is CC(C)C1=CC(C(C)C)=N[N]1. The Hall–Kier alpha value is -0.790. The molecule has 0 N–H and O–H groups in total. The second-order valence-electron chi connectivity index (χ2n) is 3.50. The van der Waals surface area contributed by atoms with E-state index < -0.39 is 0 Å². The summed E-state index contributed by atoms with van der Waals surface area (Å²) in [6.07, 6.45) is 2.09. The molecular formula is C9H15N2. The minimum absolute atomic E-state index is 0.495. The third-order valence-corrected chi connectivity index (χ3v) is 1.76. The van der Waals surface area contributed by atoms with Gasteiger partial charge in [-0.15, -0.1) is 0 Å². The van der Waals surface area contributed by atoms with Crippen molar-refractivity contribution in [3.63, 3.8) is 0 Å². The van der Waals surface area contributed by atoms with Crippen molar-refractivity contribution in [2.24, 2.45) is 16.9 Å². The van der Waals surface area contributed by atoms with Crippen molar-refractivity contribution in [3.8, 4) is 0 Å². The Morgan fingerprint density at radius 2 is 1.73 bits per heavy atom. The molecule has 0 aromatic heterocycles. The molecule has 0 aromatic rings. The Bertz CT molecular complexity index is 200. The summed E-state index contributed by atoms with van der Waals surface area (Å²) in [4.78, 5) is 0. The lowest BCUT2D eigenvalue weighted by molar-refractivity contribution is 0.677. The lowest BCUT2D eigenvalue weighted by Crippen LogP contribution is -2.00. The lowest BCUT2D eigenvalue weighted by Gasteiger charge is -2.00. The zero-order valence-electron chi connectivity index (χ0n) is 7.63. The minimum Gasteiger partial charge on any atom is -0.155 e. The van der Waals surface area contributed by atoms with Gasteiger partial charge in [0, 0.05) is 0 Å². The third-order valence-electron chi connectivity index (χ3n) is 1.76. The molecule has 0 spiro atoms. The van der Waals surface area contributed by atoms with Gasteiger partial charge in [0.2, 0.25) is 0 Å². The fourth-order valence-corrected chi connectivity index (χ4v) is 0.889. The van der Waals surface area contributed by atoms with Gasteiger partial charge in [0.25, 0.3) is 0 Å². The number of nitrogens with zero attached hydrogens (tertiary/aromatic N) is 2. The van der Waals surface area contributed by atoms with Crippen LogP contribution in [0.1, 0.15) is 27.7 Å². The van der Waals surface area contributed by atoms with Gasteiger partial charge in [-0.05, 0) is 17.9 Å². The summed E-state index contributed by atoms with van der Waals surface area (Å²) >= 11 is 0. The standard InChI is InChI=1S/C9H15N2/c1-6(2)8-5-9(7(3)4)11-10-8/h5-7H,1-4H3. The summed E-state index contributed by atoms with van der Waals surface area (Å²) in [7, 11) is 0. The van der Waals surface area contributed by atoms with E-state index in [1.807, 2.05) is 0 Å². The van der Waals surface area contributed by atoms with Crippen LogP contribution >= 0.6 is 0 Å². The molecule has 1 radical (unpaired) electrons. The van der Waals surface area contributed by atoms with E-state index in [9.17, 15) is 0 Å². The number of allylic oxidation sites excluding steroid dienone is 2. The van der Waals surface area contributed by atoms with Crippen LogP contribution in [0.25, 0.3) is 0 Å². The molecule has 0 aliphatic carbocycles. The number of rotatable bonds is 2. The molecule has 2 heteroatoms. The molecule has 0 saturated heterocycles. The normalized spacial score (nSPS) is 16.9. The van der Waals surface area contributed by atoms with Crippen LogP contribution in [0.3, 0.4) is 0 Å². The highest BCUT2D eigenvalue weighted by molar-refractivity contribution is 5.98. The largest absolute Gasteiger partial charge is 0.155 e. The van der Waals surface area contributed by atoms with Crippen LogP contribution in [-0.2, 0) is 0 Å². The van der Waals surface area contributed by atoms with E-state index in [1.165, 1.54) is 0 Å². The first-order valence-electron chi connectivity index (χ1n) is 4.11. The lowest BCUT2D eigenvalue weighted by atomic mass is 10.0. The Kier molecular flexibility index (Phi) is 2.32. The molecule has 61 valence electrons. The molecule has 1 aliphatic rings. The first-order valence-corrected chi connectivity index (χ1v) is 4.11. The van der Waals surface area contributed by atoms with E-state index in [0.29, 0.717) is 11.8 Å². The van der Waals surface area contributed by atoms with Crippen LogP contribution in [0.15, 0.2) is 16.9 Å². The first-order chi connectivity index (χ1) is 5.11. The predicted octanol–water partition coefficient (Wildman–Crippen LogP) is 2.16. The summed E-state index contributed by atoms with van der Waals surface area (Å²) in [6, 6.07) is 0. The van der Waals surface area contributed by atoms with Gasteiger partial charge >= 0.3 is 0 Å². The predicted molar refractivity (Wildman–Crippen MR) is 47.3 cm³/mol. The second-order valence-corrected chi connectivity index (χ2v) is 3.50. The van der Waals surface area contributed by atoms with Gasteiger partial charge in [0.05, 0.1) is 11.4 Å². The molecule has 0 saturated carbocycles. The van der Waals surface area contributed by atoms with Crippen LogP contribution in [0.4, 0.5) is 0 Å². The summed E-state index contributed by atoms with van der Waals surface area (Å²) in [5.41, 5.74) is 6.30. The fraction of sp³-hybridized carbons (Fsp3) is 0.667. The van der Waals surface area contributed by atoms with Gasteiger partial charge in [-0.3, -0.25) is 0 Å². The second kappa shape index (κ2) is 3.07. The van der Waals surface area contributed by atoms with Crippen molar-refractivity contribution >= 4 is 5.71 Å². The van der Waals surface area contributed by atoms with Gasteiger partial charge < -0.3 is 0 Å².